The van der Waals surface area contributed by atoms with E-state index in [2.05, 4.69) is 38.3 Å². The van der Waals surface area contributed by atoms with E-state index in [4.69, 9.17) is 8.85 Å². The zero-order valence-electron chi connectivity index (χ0n) is 12.7. The van der Waals surface area contributed by atoms with Crippen LogP contribution in [0.1, 0.15) is 13.8 Å². The maximum Gasteiger partial charge on any atom is 0.302 e. The van der Waals surface area contributed by atoms with Crippen LogP contribution in [0.25, 0.3) is 0 Å². The summed E-state index contributed by atoms with van der Waals surface area (Å²) >= 11 is 0. The molecule has 0 aliphatic rings. The summed E-state index contributed by atoms with van der Waals surface area (Å²) in [6.07, 6.45) is 0. The van der Waals surface area contributed by atoms with Crippen molar-refractivity contribution in [1.82, 2.24) is 0 Å². The average Bonchev–Trinajstić information content (AvgIpc) is 2.28. The SMILES string of the molecule is CC(=O)OC(C)[Si](C)(C)O[Si](C)(C)c1ccccc1. The Morgan fingerprint density at radius 2 is 1.63 bits per heavy atom. The first-order chi connectivity index (χ1) is 8.65. The van der Waals surface area contributed by atoms with E-state index < -0.39 is 16.6 Å². The lowest BCUT2D eigenvalue weighted by atomic mass is 10.4. The molecule has 0 saturated carbocycles. The fraction of sp³-hybridized carbons (Fsp3) is 0.500. The fourth-order valence-corrected chi connectivity index (χ4v) is 9.87. The number of ether oxygens (including phenoxy) is 1. The number of carbonyl (C=O) groups is 1. The Hall–Kier alpha value is -0.916. The summed E-state index contributed by atoms with van der Waals surface area (Å²) in [4.78, 5) is 11.1. The molecule has 3 nitrogen and oxygen atoms in total. The molecule has 1 aromatic carbocycles. The zero-order valence-corrected chi connectivity index (χ0v) is 14.7. The number of carbonyl (C=O) groups excluding carboxylic acids is 1. The van der Waals surface area contributed by atoms with E-state index in [0.29, 0.717) is 0 Å². The van der Waals surface area contributed by atoms with Crippen LogP contribution >= 0.6 is 0 Å². The van der Waals surface area contributed by atoms with Crippen LogP contribution < -0.4 is 5.19 Å². The second-order valence-corrected chi connectivity index (χ2v) is 14.3. The number of benzene rings is 1. The van der Waals surface area contributed by atoms with Crippen LogP contribution in [0.4, 0.5) is 0 Å². The predicted molar refractivity (Wildman–Crippen MR) is 83.4 cm³/mol. The molecule has 5 heteroatoms. The van der Waals surface area contributed by atoms with Gasteiger partial charge in [-0.05, 0) is 38.3 Å². The Morgan fingerprint density at radius 3 is 2.11 bits per heavy atom. The first kappa shape index (κ1) is 16.1. The molecule has 19 heavy (non-hydrogen) atoms. The molecule has 0 amide bonds. The summed E-state index contributed by atoms with van der Waals surface area (Å²) in [5.74, 6) is -0.240. The van der Waals surface area contributed by atoms with Crippen molar-refractivity contribution in [1.29, 1.82) is 0 Å². The van der Waals surface area contributed by atoms with Crippen molar-refractivity contribution in [3.63, 3.8) is 0 Å². The Morgan fingerprint density at radius 1 is 1.11 bits per heavy atom. The molecule has 106 valence electrons. The van der Waals surface area contributed by atoms with Crippen molar-refractivity contribution in [3.8, 4) is 0 Å². The van der Waals surface area contributed by atoms with Gasteiger partial charge in [0.1, 0.15) is 5.73 Å². The Labute approximate surface area is 118 Å². The standard InChI is InChI=1S/C14H24O3Si2/c1-12(15)16-13(2)18(3,4)17-19(5,6)14-10-8-7-9-11-14/h7-11,13H,1-6H3. The maximum atomic E-state index is 11.1. The van der Waals surface area contributed by atoms with Gasteiger partial charge in [-0.25, -0.2) is 0 Å². The normalized spacial score (nSPS) is 14.0. The highest BCUT2D eigenvalue weighted by atomic mass is 28.4. The van der Waals surface area contributed by atoms with Gasteiger partial charge in [-0.3, -0.25) is 4.79 Å². The summed E-state index contributed by atoms with van der Waals surface area (Å²) in [5, 5.41) is 1.27. The van der Waals surface area contributed by atoms with Crippen molar-refractivity contribution >= 4 is 27.8 Å². The van der Waals surface area contributed by atoms with Crippen LogP contribution in [-0.2, 0) is 13.6 Å². The van der Waals surface area contributed by atoms with Gasteiger partial charge >= 0.3 is 5.97 Å². The minimum absolute atomic E-state index is 0.138. The quantitative estimate of drug-likeness (QED) is 0.619. The maximum absolute atomic E-state index is 11.1. The largest absolute Gasteiger partial charge is 0.464 e. The topological polar surface area (TPSA) is 35.5 Å². The van der Waals surface area contributed by atoms with E-state index in [1.807, 2.05) is 25.1 Å². The third kappa shape index (κ3) is 4.60. The van der Waals surface area contributed by atoms with Gasteiger partial charge in [0.15, 0.2) is 0 Å². The van der Waals surface area contributed by atoms with Crippen molar-refractivity contribution < 1.29 is 13.6 Å². The Kier molecular flexibility index (Phi) is 5.12. The van der Waals surface area contributed by atoms with Gasteiger partial charge in [-0.2, -0.15) is 0 Å². The highest BCUT2D eigenvalue weighted by Crippen LogP contribution is 2.20. The number of hydrogen-bond acceptors (Lipinski definition) is 3. The van der Waals surface area contributed by atoms with E-state index in [1.165, 1.54) is 12.1 Å². The molecule has 0 aromatic heterocycles. The lowest BCUT2D eigenvalue weighted by molar-refractivity contribution is -0.142. The van der Waals surface area contributed by atoms with E-state index in [1.54, 1.807) is 0 Å². The molecule has 1 atom stereocenters. The number of hydrogen-bond donors (Lipinski definition) is 0. The summed E-state index contributed by atoms with van der Waals surface area (Å²) in [6, 6.07) is 10.3. The predicted octanol–water partition coefficient (Wildman–Crippen LogP) is 2.81. The molecular weight excluding hydrogens is 272 g/mol. The van der Waals surface area contributed by atoms with E-state index in [-0.39, 0.29) is 11.7 Å². The summed E-state index contributed by atoms with van der Waals surface area (Å²) in [5.41, 5.74) is -0.138. The molecule has 0 saturated heterocycles. The van der Waals surface area contributed by atoms with Crippen LogP contribution in [0.3, 0.4) is 0 Å². The van der Waals surface area contributed by atoms with Crippen molar-refractivity contribution in [2.24, 2.45) is 0 Å². The summed E-state index contributed by atoms with van der Waals surface area (Å²) in [6.45, 7) is 12.0. The highest BCUT2D eigenvalue weighted by molar-refractivity contribution is 6.92. The molecular formula is C14H24O3Si2. The smallest absolute Gasteiger partial charge is 0.302 e. The molecule has 0 bridgehead atoms. The average molecular weight is 297 g/mol. The van der Waals surface area contributed by atoms with Crippen molar-refractivity contribution in [2.45, 2.75) is 45.8 Å². The van der Waals surface area contributed by atoms with Crippen LogP contribution in [0.15, 0.2) is 30.3 Å². The van der Waals surface area contributed by atoms with Gasteiger partial charge < -0.3 is 8.85 Å². The first-order valence-corrected chi connectivity index (χ1v) is 12.5. The molecule has 0 aliphatic heterocycles. The molecule has 0 N–H and O–H groups in total. The van der Waals surface area contributed by atoms with Crippen LogP contribution in [0.2, 0.25) is 26.2 Å². The van der Waals surface area contributed by atoms with Crippen LogP contribution in [0.5, 0.6) is 0 Å². The first-order valence-electron chi connectivity index (χ1n) is 6.58. The highest BCUT2D eigenvalue weighted by Gasteiger charge is 2.40. The molecule has 1 rings (SSSR count). The second-order valence-electron chi connectivity index (χ2n) is 5.83. The van der Waals surface area contributed by atoms with E-state index in [0.717, 1.165) is 0 Å². The summed E-state index contributed by atoms with van der Waals surface area (Å²) < 4.78 is 11.8. The minimum Gasteiger partial charge on any atom is -0.464 e. The lowest BCUT2D eigenvalue weighted by Crippen LogP contribution is -2.57. The van der Waals surface area contributed by atoms with Crippen molar-refractivity contribution in [3.05, 3.63) is 30.3 Å². The molecule has 1 unspecified atom stereocenters. The van der Waals surface area contributed by atoms with Gasteiger partial charge in [0, 0.05) is 6.92 Å². The summed E-state index contributed by atoms with van der Waals surface area (Å²) in [7, 11) is -4.03. The van der Waals surface area contributed by atoms with Gasteiger partial charge in [-0.1, -0.05) is 30.3 Å². The molecule has 0 heterocycles. The number of rotatable bonds is 5. The van der Waals surface area contributed by atoms with E-state index in [9.17, 15) is 4.79 Å². The Balaban J connectivity index is 2.84. The minimum atomic E-state index is -2.07. The van der Waals surface area contributed by atoms with Gasteiger partial charge in [0.25, 0.3) is 0 Å². The van der Waals surface area contributed by atoms with Gasteiger partial charge in [-0.15, -0.1) is 0 Å². The fourth-order valence-electron chi connectivity index (χ4n) is 2.03. The number of esters is 1. The second kappa shape index (κ2) is 6.02. The molecule has 0 aliphatic carbocycles. The van der Waals surface area contributed by atoms with E-state index >= 15 is 0 Å². The molecule has 0 spiro atoms. The third-order valence-corrected chi connectivity index (χ3v) is 11.3. The van der Waals surface area contributed by atoms with Gasteiger partial charge in [0.05, 0.1) is 0 Å². The Bertz CT molecular complexity index is 430. The monoisotopic (exact) mass is 296 g/mol. The third-order valence-electron chi connectivity index (χ3n) is 3.31. The molecule has 0 fully saturated rings. The van der Waals surface area contributed by atoms with Crippen molar-refractivity contribution in [2.75, 3.05) is 0 Å². The van der Waals surface area contributed by atoms with Gasteiger partial charge in [0.2, 0.25) is 16.6 Å². The molecule has 0 radical (unpaired) electrons. The van der Waals surface area contributed by atoms with Crippen LogP contribution in [-0.4, -0.2) is 28.3 Å². The zero-order chi connectivity index (χ0) is 14.7. The van der Waals surface area contributed by atoms with Crippen LogP contribution in [0, 0.1) is 0 Å². The molecule has 1 aromatic rings. The lowest BCUT2D eigenvalue weighted by Gasteiger charge is -2.37.